The third-order valence-corrected chi connectivity index (χ3v) is 2.48. The Morgan fingerprint density at radius 2 is 1.82 bits per heavy atom. The molecule has 0 spiro atoms. The lowest BCUT2D eigenvalue weighted by Crippen LogP contribution is -2.02. The molecule has 0 heterocycles. The lowest BCUT2D eigenvalue weighted by atomic mass is 10.0. The van der Waals surface area contributed by atoms with Gasteiger partial charge in [0, 0.05) is 11.6 Å². The normalized spacial score (nSPS) is 10.5. The first kappa shape index (κ1) is 11.5. The van der Waals surface area contributed by atoms with Crippen molar-refractivity contribution < 1.29 is 19.0 Å². The summed E-state index contributed by atoms with van der Waals surface area (Å²) in [6, 6.07) is 7.44. The van der Waals surface area contributed by atoms with Crippen LogP contribution >= 0.6 is 0 Å². The maximum Gasteiger partial charge on any atom is 0.133 e. The van der Waals surface area contributed by atoms with E-state index in [-0.39, 0.29) is 16.9 Å². The highest BCUT2D eigenvalue weighted by Gasteiger charge is 2.07. The molecule has 2 aromatic carbocycles. The van der Waals surface area contributed by atoms with Gasteiger partial charge in [0.2, 0.25) is 0 Å². The zero-order chi connectivity index (χ0) is 12.4. The van der Waals surface area contributed by atoms with Crippen molar-refractivity contribution in [2.75, 3.05) is 0 Å². The summed E-state index contributed by atoms with van der Waals surface area (Å²) >= 11 is 0. The molecule has 2 nitrogen and oxygen atoms in total. The average Bonchev–Trinajstić information content (AvgIpc) is 2.29. The largest absolute Gasteiger partial charge is 0.851 e. The lowest BCUT2D eigenvalue weighted by molar-refractivity contribution is -0.386. The van der Waals surface area contributed by atoms with Crippen molar-refractivity contribution in [2.24, 2.45) is 0 Å². The van der Waals surface area contributed by atoms with Gasteiger partial charge in [-0.15, -0.1) is 6.61 Å². The number of benzene rings is 2. The second-order valence-corrected chi connectivity index (χ2v) is 3.61. The average molecular weight is 235 g/mol. The van der Waals surface area contributed by atoms with Crippen LogP contribution in [0.3, 0.4) is 0 Å². The van der Waals surface area contributed by atoms with Crippen molar-refractivity contribution >= 4 is 0 Å². The molecule has 2 rings (SSSR count). The minimum Gasteiger partial charge on any atom is -0.851 e. The molecule has 17 heavy (non-hydrogen) atoms. The fraction of sp³-hybridized carbons (Fsp3) is 0.0769. The molecule has 0 unspecified atom stereocenters. The highest BCUT2D eigenvalue weighted by atomic mass is 19.1. The molecule has 88 valence electrons. The molecule has 0 atom stereocenters. The summed E-state index contributed by atoms with van der Waals surface area (Å²) in [7, 11) is 0. The van der Waals surface area contributed by atoms with E-state index in [1.165, 1.54) is 24.3 Å². The number of aromatic hydroxyl groups is 1. The Morgan fingerprint density at radius 1 is 1.06 bits per heavy atom. The summed E-state index contributed by atoms with van der Waals surface area (Å²) < 4.78 is 26.2. The molecule has 4 heteroatoms. The number of halogens is 2. The summed E-state index contributed by atoms with van der Waals surface area (Å²) in [6.07, 6.45) is 0. The summed E-state index contributed by atoms with van der Waals surface area (Å²) in [6.45, 7) is -0.544. The third kappa shape index (κ3) is 2.26. The highest BCUT2D eigenvalue weighted by molar-refractivity contribution is 5.66. The molecule has 0 fully saturated rings. The minimum absolute atomic E-state index is 0.179. The first-order valence-corrected chi connectivity index (χ1v) is 4.97. The first-order chi connectivity index (χ1) is 8.11. The topological polar surface area (TPSA) is 43.3 Å². The van der Waals surface area contributed by atoms with Crippen LogP contribution < -0.4 is 5.11 Å². The van der Waals surface area contributed by atoms with Crippen molar-refractivity contribution in [1.29, 1.82) is 0 Å². The molecule has 0 saturated heterocycles. The quantitative estimate of drug-likeness (QED) is 0.867. The van der Waals surface area contributed by atoms with Crippen LogP contribution in [0.1, 0.15) is 5.56 Å². The van der Waals surface area contributed by atoms with Crippen LogP contribution in [-0.2, 0) is 6.61 Å². The van der Waals surface area contributed by atoms with Gasteiger partial charge in [-0.25, -0.2) is 8.78 Å². The van der Waals surface area contributed by atoms with Gasteiger partial charge in [0.25, 0.3) is 0 Å². The maximum atomic E-state index is 13.5. The van der Waals surface area contributed by atoms with E-state index in [0.717, 1.165) is 12.1 Å². The number of rotatable bonds is 2. The number of phenols is 1. The molecule has 0 aliphatic heterocycles. The van der Waals surface area contributed by atoms with Crippen LogP contribution in [0.4, 0.5) is 8.78 Å². The van der Waals surface area contributed by atoms with Crippen molar-refractivity contribution in [1.82, 2.24) is 0 Å². The second kappa shape index (κ2) is 4.51. The predicted molar refractivity (Wildman–Crippen MR) is 57.2 cm³/mol. The van der Waals surface area contributed by atoms with E-state index < -0.39 is 18.2 Å². The molecule has 0 radical (unpaired) electrons. The fourth-order valence-corrected chi connectivity index (χ4v) is 1.58. The zero-order valence-electron chi connectivity index (χ0n) is 8.78. The van der Waals surface area contributed by atoms with Crippen molar-refractivity contribution in [2.45, 2.75) is 6.61 Å². The molecular weight excluding hydrogens is 226 g/mol. The van der Waals surface area contributed by atoms with E-state index in [2.05, 4.69) is 0 Å². The van der Waals surface area contributed by atoms with Crippen LogP contribution in [-0.4, -0.2) is 5.11 Å². The zero-order valence-corrected chi connectivity index (χ0v) is 8.78. The standard InChI is InChI=1S/C13H9F2O2/c14-10-3-4-11(12(15)6-10)8-1-2-9(7-16)13(17)5-8/h1-6,17H,7H2/q-1. The fourth-order valence-electron chi connectivity index (χ4n) is 1.58. The summed E-state index contributed by atoms with van der Waals surface area (Å²) in [5.74, 6) is -1.55. The van der Waals surface area contributed by atoms with Gasteiger partial charge >= 0.3 is 0 Å². The van der Waals surface area contributed by atoms with Crippen LogP contribution in [0.2, 0.25) is 0 Å². The lowest BCUT2D eigenvalue weighted by Gasteiger charge is -2.10. The van der Waals surface area contributed by atoms with Gasteiger partial charge in [-0.1, -0.05) is 12.1 Å². The Balaban J connectivity index is 2.50. The SMILES string of the molecule is [O-]Cc1ccc(-c2ccc(F)cc2F)cc1O. The van der Waals surface area contributed by atoms with Gasteiger partial charge in [-0.3, -0.25) is 0 Å². The molecular formula is C13H9F2O2-. The molecule has 1 N–H and O–H groups in total. The molecule has 0 aliphatic carbocycles. The molecule has 2 aromatic rings. The van der Waals surface area contributed by atoms with Gasteiger partial charge in [0.1, 0.15) is 17.4 Å². The minimum atomic E-state index is -0.709. The second-order valence-electron chi connectivity index (χ2n) is 3.61. The molecule has 0 amide bonds. The van der Waals surface area contributed by atoms with E-state index in [9.17, 15) is 19.0 Å². The van der Waals surface area contributed by atoms with Crippen LogP contribution in [0.15, 0.2) is 36.4 Å². The summed E-state index contributed by atoms with van der Waals surface area (Å²) in [5.41, 5.74) is 0.826. The van der Waals surface area contributed by atoms with Crippen LogP contribution in [0.25, 0.3) is 11.1 Å². The molecule has 0 aromatic heterocycles. The van der Waals surface area contributed by atoms with Crippen molar-refractivity contribution in [3.63, 3.8) is 0 Å². The molecule has 0 bridgehead atoms. The summed E-state index contributed by atoms with van der Waals surface area (Å²) in [5, 5.41) is 20.1. The Labute approximate surface area is 96.8 Å². The molecule has 0 saturated carbocycles. The van der Waals surface area contributed by atoms with Crippen LogP contribution in [0.5, 0.6) is 5.75 Å². The van der Waals surface area contributed by atoms with E-state index >= 15 is 0 Å². The van der Waals surface area contributed by atoms with E-state index in [1.807, 2.05) is 0 Å². The summed E-state index contributed by atoms with van der Waals surface area (Å²) in [4.78, 5) is 0. The number of hydrogen-bond donors (Lipinski definition) is 1. The van der Waals surface area contributed by atoms with Gasteiger partial charge in [-0.2, -0.15) is 0 Å². The highest BCUT2D eigenvalue weighted by Crippen LogP contribution is 2.28. The van der Waals surface area contributed by atoms with Gasteiger partial charge in [0.05, 0.1) is 0 Å². The van der Waals surface area contributed by atoms with E-state index in [0.29, 0.717) is 5.56 Å². The third-order valence-electron chi connectivity index (χ3n) is 2.48. The first-order valence-electron chi connectivity index (χ1n) is 4.97. The van der Waals surface area contributed by atoms with E-state index in [1.54, 1.807) is 0 Å². The number of phenolic OH excluding ortho intramolecular Hbond substituents is 1. The van der Waals surface area contributed by atoms with Crippen molar-refractivity contribution in [3.05, 3.63) is 53.6 Å². The Kier molecular flexibility index (Phi) is 3.06. The molecule has 0 aliphatic rings. The van der Waals surface area contributed by atoms with Gasteiger partial charge < -0.3 is 10.2 Å². The maximum absolute atomic E-state index is 13.5. The Hall–Kier alpha value is -1.94. The van der Waals surface area contributed by atoms with Crippen LogP contribution in [0, 0.1) is 11.6 Å². The monoisotopic (exact) mass is 235 g/mol. The van der Waals surface area contributed by atoms with Crippen molar-refractivity contribution in [3.8, 4) is 16.9 Å². The van der Waals surface area contributed by atoms with Gasteiger partial charge in [-0.05, 0) is 29.3 Å². The van der Waals surface area contributed by atoms with E-state index in [4.69, 9.17) is 0 Å². The smallest absolute Gasteiger partial charge is 0.133 e. The Bertz CT molecular complexity index is 553. The Morgan fingerprint density at radius 3 is 2.41 bits per heavy atom. The predicted octanol–water partition coefficient (Wildman–Crippen LogP) is 2.20. The van der Waals surface area contributed by atoms with Gasteiger partial charge in [0.15, 0.2) is 0 Å². The number of hydrogen-bond acceptors (Lipinski definition) is 2.